The fourth-order valence-corrected chi connectivity index (χ4v) is 4.01. The first kappa shape index (κ1) is 13.0. The predicted molar refractivity (Wildman–Crippen MR) is 76.6 cm³/mol. The fourth-order valence-electron chi connectivity index (χ4n) is 2.55. The number of benzene rings is 1. The van der Waals surface area contributed by atoms with Crippen molar-refractivity contribution in [3.63, 3.8) is 0 Å². The van der Waals surface area contributed by atoms with Gasteiger partial charge in [-0.15, -0.1) is 11.8 Å². The van der Waals surface area contributed by atoms with Crippen molar-refractivity contribution in [3.05, 3.63) is 29.8 Å². The van der Waals surface area contributed by atoms with Gasteiger partial charge in [-0.3, -0.25) is 0 Å². The molecule has 94 valence electrons. The summed E-state index contributed by atoms with van der Waals surface area (Å²) in [6, 6.07) is 9.34. The molecule has 1 nitrogen and oxygen atoms in total. The van der Waals surface area contributed by atoms with Gasteiger partial charge in [0.1, 0.15) is 0 Å². The van der Waals surface area contributed by atoms with Gasteiger partial charge in [0, 0.05) is 16.2 Å². The van der Waals surface area contributed by atoms with Crippen LogP contribution in [0.2, 0.25) is 0 Å². The van der Waals surface area contributed by atoms with Gasteiger partial charge in [-0.05, 0) is 37.9 Å². The highest BCUT2D eigenvalue weighted by Gasteiger charge is 2.18. The molecule has 0 radical (unpaired) electrons. The molecule has 1 aromatic carbocycles. The van der Waals surface area contributed by atoms with Crippen LogP contribution in [-0.2, 0) is 0 Å². The quantitative estimate of drug-likeness (QED) is 0.830. The van der Waals surface area contributed by atoms with Gasteiger partial charge in [0.25, 0.3) is 0 Å². The topological polar surface area (TPSA) is 12.0 Å². The van der Waals surface area contributed by atoms with Crippen LogP contribution in [0.3, 0.4) is 0 Å². The average Bonchev–Trinajstić information content (AvgIpc) is 2.83. The Hall–Kier alpha value is -0.470. The van der Waals surface area contributed by atoms with Crippen LogP contribution < -0.4 is 5.32 Å². The molecule has 0 aromatic heterocycles. The number of hydrogen-bond acceptors (Lipinski definition) is 2. The lowest BCUT2D eigenvalue weighted by Gasteiger charge is -2.18. The molecule has 0 bridgehead atoms. The molecule has 0 spiro atoms. The van der Waals surface area contributed by atoms with Crippen LogP contribution >= 0.6 is 11.8 Å². The van der Waals surface area contributed by atoms with Crippen molar-refractivity contribution in [1.29, 1.82) is 0 Å². The lowest BCUT2D eigenvalue weighted by atomic mass is 10.1. The maximum Gasteiger partial charge on any atom is 0.0302 e. The third-order valence-corrected chi connectivity index (χ3v) is 4.92. The summed E-state index contributed by atoms with van der Waals surface area (Å²) < 4.78 is 0. The molecule has 1 N–H and O–H groups in total. The minimum atomic E-state index is 0.463. The van der Waals surface area contributed by atoms with Crippen molar-refractivity contribution in [3.8, 4) is 0 Å². The standard InChI is InChI=1S/C15H23NS/c1-3-16-12(2)14-10-6-7-11-15(14)17-13-8-4-5-9-13/h6-7,10-13,16H,3-5,8-9H2,1-2H3. The van der Waals surface area contributed by atoms with Crippen LogP contribution in [0.15, 0.2) is 29.2 Å². The van der Waals surface area contributed by atoms with Gasteiger partial charge in [-0.2, -0.15) is 0 Å². The molecule has 0 amide bonds. The number of hydrogen-bond donors (Lipinski definition) is 1. The molecule has 1 aliphatic rings. The molecule has 1 unspecified atom stereocenters. The van der Waals surface area contributed by atoms with Crippen LogP contribution in [-0.4, -0.2) is 11.8 Å². The highest BCUT2D eigenvalue weighted by molar-refractivity contribution is 8.00. The smallest absolute Gasteiger partial charge is 0.0302 e. The van der Waals surface area contributed by atoms with Crippen molar-refractivity contribution in [2.45, 2.75) is 55.7 Å². The van der Waals surface area contributed by atoms with Gasteiger partial charge in [-0.1, -0.05) is 38.0 Å². The molecule has 0 heterocycles. The number of thioether (sulfide) groups is 1. The molecule has 2 rings (SSSR count). The normalized spacial score (nSPS) is 18.5. The van der Waals surface area contributed by atoms with E-state index in [4.69, 9.17) is 0 Å². The third kappa shape index (κ3) is 3.49. The van der Waals surface area contributed by atoms with E-state index in [-0.39, 0.29) is 0 Å². The van der Waals surface area contributed by atoms with Crippen molar-refractivity contribution < 1.29 is 0 Å². The monoisotopic (exact) mass is 249 g/mol. The minimum Gasteiger partial charge on any atom is -0.310 e. The Labute approximate surface area is 109 Å². The second-order valence-electron chi connectivity index (χ2n) is 4.84. The van der Waals surface area contributed by atoms with E-state index < -0.39 is 0 Å². The summed E-state index contributed by atoms with van der Waals surface area (Å²) in [7, 11) is 0. The second-order valence-corrected chi connectivity index (χ2v) is 6.18. The highest BCUT2D eigenvalue weighted by Crippen LogP contribution is 2.37. The van der Waals surface area contributed by atoms with E-state index in [1.165, 1.54) is 36.1 Å². The van der Waals surface area contributed by atoms with Gasteiger partial charge < -0.3 is 5.32 Å². The highest BCUT2D eigenvalue weighted by atomic mass is 32.2. The zero-order valence-electron chi connectivity index (χ0n) is 10.9. The molecular weight excluding hydrogens is 226 g/mol. The average molecular weight is 249 g/mol. The molecule has 1 fully saturated rings. The Bertz CT molecular complexity index is 345. The van der Waals surface area contributed by atoms with E-state index in [2.05, 4.69) is 55.2 Å². The first-order valence-corrected chi connectivity index (χ1v) is 7.68. The van der Waals surface area contributed by atoms with E-state index in [1.807, 2.05) is 0 Å². The lowest BCUT2D eigenvalue weighted by Crippen LogP contribution is -2.18. The molecule has 0 aliphatic heterocycles. The van der Waals surface area contributed by atoms with Crippen molar-refractivity contribution in [1.82, 2.24) is 5.32 Å². The third-order valence-electron chi connectivity index (χ3n) is 3.49. The zero-order valence-corrected chi connectivity index (χ0v) is 11.7. The summed E-state index contributed by atoms with van der Waals surface area (Å²) in [5, 5.41) is 4.37. The maximum absolute atomic E-state index is 3.51. The first-order chi connectivity index (χ1) is 8.31. The molecule has 1 atom stereocenters. The fraction of sp³-hybridized carbons (Fsp3) is 0.600. The largest absolute Gasteiger partial charge is 0.310 e. The summed E-state index contributed by atoms with van der Waals surface area (Å²) in [6.45, 7) is 5.46. The van der Waals surface area contributed by atoms with E-state index in [0.29, 0.717) is 6.04 Å². The molecule has 1 aromatic rings. The molecule has 2 heteroatoms. The van der Waals surface area contributed by atoms with Gasteiger partial charge >= 0.3 is 0 Å². The predicted octanol–water partition coefficient (Wildman–Crippen LogP) is 4.39. The van der Waals surface area contributed by atoms with Gasteiger partial charge in [-0.25, -0.2) is 0 Å². The Morgan fingerprint density at radius 2 is 2.00 bits per heavy atom. The summed E-state index contributed by atoms with van der Waals surface area (Å²) >= 11 is 2.09. The molecule has 1 aliphatic carbocycles. The molecule has 0 saturated heterocycles. The van der Waals surface area contributed by atoms with E-state index in [1.54, 1.807) is 0 Å². The summed E-state index contributed by atoms with van der Waals surface area (Å²) in [4.78, 5) is 1.48. The summed E-state index contributed by atoms with van der Waals surface area (Å²) in [5.74, 6) is 0. The Morgan fingerprint density at radius 1 is 1.29 bits per heavy atom. The molecular formula is C15H23NS. The van der Waals surface area contributed by atoms with Crippen LogP contribution in [0.1, 0.15) is 51.1 Å². The van der Waals surface area contributed by atoms with Crippen molar-refractivity contribution in [2.75, 3.05) is 6.54 Å². The minimum absolute atomic E-state index is 0.463. The van der Waals surface area contributed by atoms with Crippen LogP contribution in [0.25, 0.3) is 0 Å². The van der Waals surface area contributed by atoms with E-state index in [0.717, 1.165) is 11.8 Å². The second kappa shape index (κ2) is 6.46. The summed E-state index contributed by atoms with van der Waals surface area (Å²) in [5.41, 5.74) is 1.46. The van der Waals surface area contributed by atoms with Crippen LogP contribution in [0.5, 0.6) is 0 Å². The summed E-state index contributed by atoms with van der Waals surface area (Å²) in [6.07, 6.45) is 5.63. The van der Waals surface area contributed by atoms with Crippen LogP contribution in [0, 0.1) is 0 Å². The SMILES string of the molecule is CCNC(C)c1ccccc1SC1CCCC1. The van der Waals surface area contributed by atoms with Gasteiger partial charge in [0.2, 0.25) is 0 Å². The van der Waals surface area contributed by atoms with Gasteiger partial charge in [0.15, 0.2) is 0 Å². The lowest BCUT2D eigenvalue weighted by molar-refractivity contribution is 0.589. The Kier molecular flexibility index (Phi) is 4.93. The number of nitrogens with one attached hydrogen (secondary N) is 1. The van der Waals surface area contributed by atoms with Crippen molar-refractivity contribution in [2.24, 2.45) is 0 Å². The van der Waals surface area contributed by atoms with Crippen LogP contribution in [0.4, 0.5) is 0 Å². The zero-order chi connectivity index (χ0) is 12.1. The van der Waals surface area contributed by atoms with Gasteiger partial charge in [0.05, 0.1) is 0 Å². The molecule has 1 saturated carbocycles. The van der Waals surface area contributed by atoms with E-state index >= 15 is 0 Å². The number of rotatable bonds is 5. The molecule has 17 heavy (non-hydrogen) atoms. The van der Waals surface area contributed by atoms with E-state index in [9.17, 15) is 0 Å². The first-order valence-electron chi connectivity index (χ1n) is 6.80. The Balaban J connectivity index is 2.09. The Morgan fingerprint density at radius 3 is 2.71 bits per heavy atom. The maximum atomic E-state index is 3.51. The van der Waals surface area contributed by atoms with Crippen molar-refractivity contribution >= 4 is 11.8 Å².